The number of carbonyl (C=O) groups excluding carboxylic acids is 2. The summed E-state index contributed by atoms with van der Waals surface area (Å²) >= 11 is 0. The van der Waals surface area contributed by atoms with E-state index in [-0.39, 0.29) is 17.9 Å². The smallest absolute Gasteiger partial charge is 0.261 e. The van der Waals surface area contributed by atoms with Crippen molar-refractivity contribution in [3.8, 4) is 5.75 Å². The van der Waals surface area contributed by atoms with Gasteiger partial charge in [0.25, 0.3) is 5.91 Å². The van der Waals surface area contributed by atoms with Crippen LogP contribution >= 0.6 is 0 Å². The van der Waals surface area contributed by atoms with Crippen LogP contribution in [-0.4, -0.2) is 35.9 Å². The van der Waals surface area contributed by atoms with E-state index in [9.17, 15) is 9.59 Å². The van der Waals surface area contributed by atoms with Crippen molar-refractivity contribution in [2.75, 3.05) is 13.1 Å². The van der Waals surface area contributed by atoms with E-state index >= 15 is 0 Å². The maximum atomic E-state index is 13.2. The zero-order chi connectivity index (χ0) is 23.4. The predicted molar refractivity (Wildman–Crippen MR) is 130 cm³/mol. The van der Waals surface area contributed by atoms with Gasteiger partial charge in [0.2, 0.25) is 5.91 Å². The number of nitrogens with one attached hydrogen (secondary N) is 1. The highest BCUT2D eigenvalue weighted by Crippen LogP contribution is 2.38. The highest BCUT2D eigenvalue weighted by molar-refractivity contribution is 5.81. The number of ether oxygens (including phenoxy) is 1. The molecule has 1 aliphatic carbocycles. The SMILES string of the molecule is CC[C@@H](Oc1ccc2c(c1)[C@@H](c1ccccc1)N(C(=O)CC(C)C)CC2)C(=O)NCC1CC1. The summed E-state index contributed by atoms with van der Waals surface area (Å²) in [5.74, 6) is 1.76. The number of hydrogen-bond acceptors (Lipinski definition) is 3. The van der Waals surface area contributed by atoms with E-state index in [1.807, 2.05) is 42.2 Å². The van der Waals surface area contributed by atoms with Gasteiger partial charge in [-0.15, -0.1) is 0 Å². The summed E-state index contributed by atoms with van der Waals surface area (Å²) in [6, 6.07) is 16.2. The molecule has 0 unspecified atom stereocenters. The van der Waals surface area contributed by atoms with Gasteiger partial charge in [-0.2, -0.15) is 0 Å². The first-order valence-corrected chi connectivity index (χ1v) is 12.4. The molecule has 1 saturated carbocycles. The van der Waals surface area contributed by atoms with Crippen LogP contribution in [0.3, 0.4) is 0 Å². The Morgan fingerprint density at radius 2 is 1.88 bits per heavy atom. The first kappa shape index (κ1) is 23.3. The summed E-state index contributed by atoms with van der Waals surface area (Å²) in [5, 5.41) is 3.04. The Morgan fingerprint density at radius 1 is 1.12 bits per heavy atom. The summed E-state index contributed by atoms with van der Waals surface area (Å²) in [5.41, 5.74) is 3.42. The van der Waals surface area contributed by atoms with Gasteiger partial charge in [-0.1, -0.05) is 57.2 Å². The molecule has 33 heavy (non-hydrogen) atoms. The molecule has 2 aromatic carbocycles. The number of amides is 2. The molecule has 1 fully saturated rings. The van der Waals surface area contributed by atoms with Crippen LogP contribution in [0.5, 0.6) is 5.75 Å². The largest absolute Gasteiger partial charge is 0.481 e. The third-order valence-electron chi connectivity index (χ3n) is 6.57. The van der Waals surface area contributed by atoms with Crippen molar-refractivity contribution in [2.24, 2.45) is 11.8 Å². The van der Waals surface area contributed by atoms with Crippen LogP contribution < -0.4 is 10.1 Å². The molecule has 2 amide bonds. The van der Waals surface area contributed by atoms with E-state index in [4.69, 9.17) is 4.74 Å². The van der Waals surface area contributed by atoms with Gasteiger partial charge in [-0.05, 0) is 66.3 Å². The van der Waals surface area contributed by atoms with E-state index < -0.39 is 6.10 Å². The van der Waals surface area contributed by atoms with Gasteiger partial charge in [0, 0.05) is 19.5 Å². The Bertz CT molecular complexity index is 968. The number of hydrogen-bond donors (Lipinski definition) is 1. The average molecular weight is 449 g/mol. The molecular formula is C28H36N2O3. The van der Waals surface area contributed by atoms with E-state index in [2.05, 4.69) is 37.4 Å². The molecule has 2 atom stereocenters. The Kier molecular flexibility index (Phi) is 7.36. The topological polar surface area (TPSA) is 58.6 Å². The lowest BCUT2D eigenvalue weighted by Crippen LogP contribution is -2.41. The zero-order valence-corrected chi connectivity index (χ0v) is 20.0. The molecule has 5 heteroatoms. The van der Waals surface area contributed by atoms with Crippen LogP contribution in [0.25, 0.3) is 0 Å². The summed E-state index contributed by atoms with van der Waals surface area (Å²) in [7, 11) is 0. The summed E-state index contributed by atoms with van der Waals surface area (Å²) in [6.07, 6.45) is 3.86. The van der Waals surface area contributed by atoms with Crippen molar-refractivity contribution in [1.82, 2.24) is 10.2 Å². The lowest BCUT2D eigenvalue weighted by molar-refractivity contribution is -0.134. The molecule has 0 spiro atoms. The maximum absolute atomic E-state index is 13.2. The Labute approximate surface area is 197 Å². The number of nitrogens with zero attached hydrogens (tertiary/aromatic N) is 1. The molecular weight excluding hydrogens is 412 g/mol. The molecule has 0 aromatic heterocycles. The van der Waals surface area contributed by atoms with Gasteiger partial charge >= 0.3 is 0 Å². The van der Waals surface area contributed by atoms with E-state index in [0.717, 1.165) is 24.1 Å². The van der Waals surface area contributed by atoms with Crippen LogP contribution in [0.4, 0.5) is 0 Å². The fourth-order valence-electron chi connectivity index (χ4n) is 4.56. The number of benzene rings is 2. The van der Waals surface area contributed by atoms with Crippen LogP contribution in [0.2, 0.25) is 0 Å². The fourth-order valence-corrected chi connectivity index (χ4v) is 4.56. The average Bonchev–Trinajstić information content (AvgIpc) is 3.64. The van der Waals surface area contributed by atoms with Gasteiger partial charge in [0.05, 0.1) is 6.04 Å². The number of fused-ring (bicyclic) bond motifs is 1. The van der Waals surface area contributed by atoms with Gasteiger partial charge in [0.1, 0.15) is 5.75 Å². The Hall–Kier alpha value is -2.82. The van der Waals surface area contributed by atoms with Crippen LogP contribution in [0.15, 0.2) is 48.5 Å². The van der Waals surface area contributed by atoms with Crippen molar-refractivity contribution < 1.29 is 14.3 Å². The van der Waals surface area contributed by atoms with Crippen LogP contribution in [0.1, 0.15) is 69.2 Å². The highest BCUT2D eigenvalue weighted by Gasteiger charge is 2.33. The van der Waals surface area contributed by atoms with Gasteiger partial charge < -0.3 is 15.0 Å². The molecule has 5 nitrogen and oxygen atoms in total. The summed E-state index contributed by atoms with van der Waals surface area (Å²) in [4.78, 5) is 27.8. The standard InChI is InChI=1S/C28H36N2O3/c1-4-25(28(32)29-18-20-10-11-20)33-23-13-12-21-14-15-30(26(31)16-19(2)3)27(24(21)17-23)22-8-6-5-7-9-22/h5-9,12-13,17,19-20,25,27H,4,10-11,14-16,18H2,1-3H3,(H,29,32)/t25-,27-/m1/s1. The van der Waals surface area contributed by atoms with Gasteiger partial charge in [-0.25, -0.2) is 0 Å². The summed E-state index contributed by atoms with van der Waals surface area (Å²) in [6.45, 7) is 7.58. The van der Waals surface area contributed by atoms with Crippen molar-refractivity contribution >= 4 is 11.8 Å². The van der Waals surface area contributed by atoms with E-state index in [1.165, 1.54) is 18.4 Å². The Morgan fingerprint density at radius 3 is 2.55 bits per heavy atom. The molecule has 2 aromatic rings. The molecule has 1 aliphatic heterocycles. The van der Waals surface area contributed by atoms with Gasteiger partial charge in [0.15, 0.2) is 6.10 Å². The van der Waals surface area contributed by atoms with Crippen LogP contribution in [0, 0.1) is 11.8 Å². The molecule has 2 aliphatic rings. The third kappa shape index (κ3) is 5.76. The minimum atomic E-state index is -0.515. The first-order chi connectivity index (χ1) is 16.0. The number of carbonyl (C=O) groups is 2. The molecule has 1 heterocycles. The van der Waals surface area contributed by atoms with Crippen LogP contribution in [-0.2, 0) is 16.0 Å². The fraction of sp³-hybridized carbons (Fsp3) is 0.500. The first-order valence-electron chi connectivity index (χ1n) is 12.4. The lowest BCUT2D eigenvalue weighted by Gasteiger charge is -2.38. The molecule has 1 N–H and O–H groups in total. The maximum Gasteiger partial charge on any atom is 0.261 e. The molecule has 176 valence electrons. The van der Waals surface area contributed by atoms with Gasteiger partial charge in [-0.3, -0.25) is 9.59 Å². The molecule has 0 saturated heterocycles. The predicted octanol–water partition coefficient (Wildman–Crippen LogP) is 4.89. The highest BCUT2D eigenvalue weighted by atomic mass is 16.5. The monoisotopic (exact) mass is 448 g/mol. The summed E-state index contributed by atoms with van der Waals surface area (Å²) < 4.78 is 6.17. The van der Waals surface area contributed by atoms with Crippen molar-refractivity contribution in [3.63, 3.8) is 0 Å². The van der Waals surface area contributed by atoms with E-state index in [0.29, 0.717) is 37.0 Å². The van der Waals surface area contributed by atoms with Crippen molar-refractivity contribution in [2.45, 2.75) is 65.0 Å². The van der Waals surface area contributed by atoms with Crippen molar-refractivity contribution in [3.05, 3.63) is 65.2 Å². The minimum absolute atomic E-state index is 0.0459. The minimum Gasteiger partial charge on any atom is -0.481 e. The second kappa shape index (κ2) is 10.4. The van der Waals surface area contributed by atoms with Crippen molar-refractivity contribution in [1.29, 1.82) is 0 Å². The molecule has 0 radical (unpaired) electrons. The van der Waals surface area contributed by atoms with E-state index in [1.54, 1.807) is 0 Å². The molecule has 0 bridgehead atoms. The Balaban J connectivity index is 1.60. The normalized spacial score (nSPS) is 18.5. The number of rotatable bonds is 9. The zero-order valence-electron chi connectivity index (χ0n) is 20.0. The second-order valence-electron chi connectivity index (χ2n) is 9.81. The second-order valence-corrected chi connectivity index (χ2v) is 9.81. The quantitative estimate of drug-likeness (QED) is 0.594. The third-order valence-corrected chi connectivity index (χ3v) is 6.57. The molecule has 4 rings (SSSR count). The lowest BCUT2D eigenvalue weighted by atomic mass is 9.87.